The minimum absolute atomic E-state index is 0.526. The molecule has 0 aliphatic rings. The summed E-state index contributed by atoms with van der Waals surface area (Å²) < 4.78 is 5.84. The molecule has 6 nitrogen and oxygen atoms in total. The fourth-order valence-corrected chi connectivity index (χ4v) is 1.86. The van der Waals surface area contributed by atoms with Crippen molar-refractivity contribution in [2.45, 2.75) is 0 Å². The fraction of sp³-hybridized carbons (Fsp3) is 0.125. The van der Waals surface area contributed by atoms with Crippen molar-refractivity contribution < 1.29 is 9.53 Å². The number of hydrogen-bond donors (Lipinski definition) is 3. The summed E-state index contributed by atoms with van der Waals surface area (Å²) in [6.07, 6.45) is 0. The van der Waals surface area contributed by atoms with Gasteiger partial charge in [0.2, 0.25) is 0 Å². The summed E-state index contributed by atoms with van der Waals surface area (Å²) in [6, 6.07) is 4.61. The number of amides is 2. The molecular formula is C8H11IN4O2. The lowest BCUT2D eigenvalue weighted by atomic mass is 10.3. The van der Waals surface area contributed by atoms with Gasteiger partial charge in [-0.3, -0.25) is 5.43 Å². The second kappa shape index (κ2) is 5.14. The van der Waals surface area contributed by atoms with Crippen molar-refractivity contribution in [3.63, 3.8) is 0 Å². The molecule has 82 valence electrons. The van der Waals surface area contributed by atoms with Crippen molar-refractivity contribution in [2.24, 2.45) is 11.7 Å². The van der Waals surface area contributed by atoms with Crippen molar-refractivity contribution in [1.82, 2.24) is 5.43 Å². The number of nitrogens with one attached hydrogen (secondary N) is 1. The Morgan fingerprint density at radius 3 is 2.80 bits per heavy atom. The quantitative estimate of drug-likeness (QED) is 0.321. The molecule has 0 heterocycles. The fourth-order valence-electron chi connectivity index (χ4n) is 1.02. The maximum Gasteiger partial charge on any atom is 0.350 e. The smallest absolute Gasteiger partial charge is 0.350 e. The van der Waals surface area contributed by atoms with Crippen LogP contribution in [0.1, 0.15) is 0 Å². The highest BCUT2D eigenvalue weighted by Crippen LogP contribution is 2.29. The van der Waals surface area contributed by atoms with E-state index >= 15 is 0 Å². The van der Waals surface area contributed by atoms with Crippen molar-refractivity contribution in [1.29, 1.82) is 0 Å². The molecule has 0 unspecified atom stereocenters. The van der Waals surface area contributed by atoms with Gasteiger partial charge in [0, 0.05) is 0 Å². The molecule has 0 radical (unpaired) electrons. The highest BCUT2D eigenvalue weighted by atomic mass is 127. The number of nitrogens with zero attached hydrogens (tertiary/aromatic N) is 1. The van der Waals surface area contributed by atoms with E-state index in [2.05, 4.69) is 0 Å². The Morgan fingerprint density at radius 1 is 1.60 bits per heavy atom. The van der Waals surface area contributed by atoms with Gasteiger partial charge in [0.05, 0.1) is 16.4 Å². The second-order valence-corrected chi connectivity index (χ2v) is 3.69. The van der Waals surface area contributed by atoms with E-state index in [1.165, 1.54) is 0 Å². The van der Waals surface area contributed by atoms with Crippen molar-refractivity contribution >= 4 is 34.3 Å². The number of halogens is 1. The van der Waals surface area contributed by atoms with Gasteiger partial charge in [-0.25, -0.2) is 21.5 Å². The number of nitrogens with two attached hydrogens (primary N) is 2. The SMILES string of the molecule is COc1cccc(N(N)C(=O)NN)c1I. The van der Waals surface area contributed by atoms with Gasteiger partial charge >= 0.3 is 6.03 Å². The Balaban J connectivity index is 3.09. The number of hydrazine groups is 2. The number of benzene rings is 1. The van der Waals surface area contributed by atoms with Crippen LogP contribution in [-0.2, 0) is 0 Å². The largest absolute Gasteiger partial charge is 0.496 e. The number of methoxy groups -OCH3 is 1. The van der Waals surface area contributed by atoms with Crippen molar-refractivity contribution in [3.8, 4) is 5.75 Å². The van der Waals surface area contributed by atoms with E-state index < -0.39 is 6.03 Å². The first-order chi connectivity index (χ1) is 7.11. The standard InChI is InChI=1S/C8H11IN4O2/c1-15-6-4-2-3-5(7(6)9)13(11)8(14)12-10/h2-4H,10-11H2,1H3,(H,12,14). The third-order valence-corrected chi connectivity index (χ3v) is 2.85. The summed E-state index contributed by atoms with van der Waals surface area (Å²) in [5.74, 6) is 11.2. The Kier molecular flexibility index (Phi) is 4.12. The third-order valence-electron chi connectivity index (χ3n) is 1.76. The summed E-state index contributed by atoms with van der Waals surface area (Å²) >= 11 is 2.04. The van der Waals surface area contributed by atoms with Gasteiger partial charge in [0.25, 0.3) is 0 Å². The Labute approximate surface area is 101 Å². The average molecular weight is 322 g/mol. The van der Waals surface area contributed by atoms with Gasteiger partial charge in [-0.05, 0) is 34.7 Å². The molecule has 1 rings (SSSR count). The number of urea groups is 1. The average Bonchev–Trinajstić information content (AvgIpc) is 2.27. The van der Waals surface area contributed by atoms with Crippen LogP contribution < -0.4 is 26.9 Å². The highest BCUT2D eigenvalue weighted by molar-refractivity contribution is 14.1. The molecule has 1 aromatic carbocycles. The van der Waals surface area contributed by atoms with E-state index in [4.69, 9.17) is 16.4 Å². The van der Waals surface area contributed by atoms with E-state index in [1.807, 2.05) is 28.0 Å². The molecule has 5 N–H and O–H groups in total. The number of anilines is 1. The molecule has 0 atom stereocenters. The zero-order valence-corrected chi connectivity index (χ0v) is 10.2. The summed E-state index contributed by atoms with van der Waals surface area (Å²) in [7, 11) is 1.55. The van der Waals surface area contributed by atoms with Crippen LogP contribution in [0, 0.1) is 3.57 Å². The van der Waals surface area contributed by atoms with Crippen LogP contribution in [0.25, 0.3) is 0 Å². The molecule has 2 amide bonds. The van der Waals surface area contributed by atoms with Gasteiger partial charge < -0.3 is 4.74 Å². The molecule has 0 fully saturated rings. The number of carbonyl (C=O) groups excluding carboxylic acids is 1. The normalized spacial score (nSPS) is 9.60. The topological polar surface area (TPSA) is 93.6 Å². The molecule has 0 bridgehead atoms. The zero-order valence-electron chi connectivity index (χ0n) is 8.03. The molecule has 0 aliphatic carbocycles. The van der Waals surface area contributed by atoms with Crippen LogP contribution in [-0.4, -0.2) is 13.1 Å². The molecule has 0 saturated heterocycles. The van der Waals surface area contributed by atoms with Gasteiger partial charge in [0.1, 0.15) is 5.75 Å². The summed E-state index contributed by atoms with van der Waals surface area (Å²) in [6.45, 7) is 0. The van der Waals surface area contributed by atoms with Crippen LogP contribution in [0.4, 0.5) is 10.5 Å². The van der Waals surface area contributed by atoms with Crippen molar-refractivity contribution in [3.05, 3.63) is 21.8 Å². The lowest BCUT2D eigenvalue weighted by molar-refractivity contribution is 0.246. The number of hydrogen-bond acceptors (Lipinski definition) is 4. The number of rotatable bonds is 2. The predicted molar refractivity (Wildman–Crippen MR) is 65.1 cm³/mol. The first-order valence-corrected chi connectivity index (χ1v) is 5.07. The van der Waals surface area contributed by atoms with Gasteiger partial charge in [-0.2, -0.15) is 0 Å². The molecule has 0 aromatic heterocycles. The van der Waals surface area contributed by atoms with E-state index in [1.54, 1.807) is 25.3 Å². The van der Waals surface area contributed by atoms with Crippen LogP contribution >= 0.6 is 22.6 Å². The molecule has 0 aliphatic heterocycles. The Bertz CT molecular complexity index is 372. The maximum absolute atomic E-state index is 11.2. The molecule has 7 heteroatoms. The van der Waals surface area contributed by atoms with Crippen molar-refractivity contribution in [2.75, 3.05) is 12.1 Å². The minimum Gasteiger partial charge on any atom is -0.496 e. The summed E-state index contributed by atoms with van der Waals surface area (Å²) in [5.41, 5.74) is 2.47. The second-order valence-electron chi connectivity index (χ2n) is 2.61. The van der Waals surface area contributed by atoms with Crippen LogP contribution in [0.15, 0.2) is 18.2 Å². The van der Waals surface area contributed by atoms with E-state index in [0.717, 1.165) is 8.58 Å². The van der Waals surface area contributed by atoms with Gasteiger partial charge in [-0.15, -0.1) is 0 Å². The van der Waals surface area contributed by atoms with E-state index in [9.17, 15) is 4.79 Å². The van der Waals surface area contributed by atoms with Crippen LogP contribution in [0.3, 0.4) is 0 Å². The summed E-state index contributed by atoms with van der Waals surface area (Å²) in [5, 5.41) is 0.921. The number of ether oxygens (including phenoxy) is 1. The minimum atomic E-state index is -0.596. The molecule has 0 spiro atoms. The Hall–Kier alpha value is -1.06. The lowest BCUT2D eigenvalue weighted by Crippen LogP contribution is -2.48. The summed E-state index contributed by atoms with van der Waals surface area (Å²) in [4.78, 5) is 11.2. The molecule has 15 heavy (non-hydrogen) atoms. The van der Waals surface area contributed by atoms with E-state index in [0.29, 0.717) is 11.4 Å². The first kappa shape index (κ1) is 12.0. The van der Waals surface area contributed by atoms with Crippen LogP contribution in [0.2, 0.25) is 0 Å². The molecular weight excluding hydrogens is 311 g/mol. The predicted octanol–water partition coefficient (Wildman–Crippen LogP) is 0.563. The van der Waals surface area contributed by atoms with Crippen LogP contribution in [0.5, 0.6) is 5.75 Å². The van der Waals surface area contributed by atoms with Gasteiger partial charge in [0.15, 0.2) is 0 Å². The molecule has 1 aromatic rings. The third kappa shape index (κ3) is 2.49. The molecule has 0 saturated carbocycles. The number of carbonyl (C=O) groups is 1. The lowest BCUT2D eigenvalue weighted by Gasteiger charge is -2.18. The highest BCUT2D eigenvalue weighted by Gasteiger charge is 2.15. The monoisotopic (exact) mass is 322 g/mol. The maximum atomic E-state index is 11.2. The first-order valence-electron chi connectivity index (χ1n) is 3.99. The van der Waals surface area contributed by atoms with Gasteiger partial charge in [-0.1, -0.05) is 6.07 Å². The Morgan fingerprint density at radius 2 is 2.27 bits per heavy atom. The zero-order chi connectivity index (χ0) is 11.4. The van der Waals surface area contributed by atoms with E-state index in [-0.39, 0.29) is 0 Å².